The Labute approximate surface area is 134 Å². The van der Waals surface area contributed by atoms with Crippen molar-refractivity contribution in [1.29, 1.82) is 0 Å². The third-order valence-electron chi connectivity index (χ3n) is 4.22. The van der Waals surface area contributed by atoms with Crippen molar-refractivity contribution < 1.29 is 9.21 Å². The van der Waals surface area contributed by atoms with Gasteiger partial charge in [-0.05, 0) is 50.2 Å². The van der Waals surface area contributed by atoms with E-state index in [0.717, 1.165) is 31.7 Å². The summed E-state index contributed by atoms with van der Waals surface area (Å²) in [5.74, 6) is 0.481. The van der Waals surface area contributed by atoms with Crippen molar-refractivity contribution in [1.82, 2.24) is 15.2 Å². The number of likely N-dealkylation sites (tertiary alicyclic amines) is 1. The van der Waals surface area contributed by atoms with E-state index in [1.54, 1.807) is 12.3 Å². The van der Waals surface area contributed by atoms with Gasteiger partial charge in [-0.3, -0.25) is 14.5 Å². The summed E-state index contributed by atoms with van der Waals surface area (Å²) in [5, 5.41) is 2.86. The monoisotopic (exact) mass is 315 g/mol. The molecule has 3 heterocycles. The Bertz CT molecular complexity index is 687. The van der Waals surface area contributed by atoms with Crippen LogP contribution in [0.3, 0.4) is 0 Å². The van der Waals surface area contributed by atoms with E-state index in [0.29, 0.717) is 6.54 Å². The molecule has 1 aliphatic heterocycles. The predicted molar refractivity (Wildman–Crippen MR) is 86.3 cm³/mol. The van der Waals surface area contributed by atoms with Gasteiger partial charge in [-0.25, -0.2) is 0 Å². The van der Waals surface area contributed by atoms with Gasteiger partial charge in [-0.2, -0.15) is 0 Å². The molecule has 6 nitrogen and oxygen atoms in total. The van der Waals surface area contributed by atoms with Crippen molar-refractivity contribution in [3.8, 4) is 0 Å². The minimum atomic E-state index is -0.377. The van der Waals surface area contributed by atoms with Crippen LogP contribution in [0.1, 0.15) is 41.4 Å². The number of aromatic amines is 1. The molecule has 2 aromatic rings. The van der Waals surface area contributed by atoms with Crippen molar-refractivity contribution in [2.75, 3.05) is 19.6 Å². The maximum Gasteiger partial charge on any atom is 0.260 e. The zero-order valence-electron chi connectivity index (χ0n) is 13.0. The minimum absolute atomic E-state index is 0.00274. The Balaban J connectivity index is 1.70. The molecule has 1 amide bonds. The first kappa shape index (κ1) is 15.6. The summed E-state index contributed by atoms with van der Waals surface area (Å²) in [5.41, 5.74) is -0.248. The molecule has 6 heteroatoms. The molecule has 23 heavy (non-hydrogen) atoms. The van der Waals surface area contributed by atoms with E-state index in [2.05, 4.69) is 15.2 Å². The molecule has 1 fully saturated rings. The van der Waals surface area contributed by atoms with E-state index >= 15 is 0 Å². The largest absolute Gasteiger partial charge is 0.468 e. The van der Waals surface area contributed by atoms with Crippen molar-refractivity contribution in [2.24, 2.45) is 0 Å². The molecule has 0 bridgehead atoms. The van der Waals surface area contributed by atoms with Crippen LogP contribution in [0.2, 0.25) is 0 Å². The number of pyridine rings is 1. The first-order valence-corrected chi connectivity index (χ1v) is 7.99. The number of nitrogens with zero attached hydrogens (tertiary/aromatic N) is 1. The lowest BCUT2D eigenvalue weighted by Gasteiger charge is -2.33. The molecule has 0 aliphatic carbocycles. The third kappa shape index (κ3) is 3.71. The SMILES string of the molecule is O=C(NCC(c1ccco1)N1CCCCC1)c1ccc[nH]c1=O. The van der Waals surface area contributed by atoms with Crippen LogP contribution < -0.4 is 10.9 Å². The third-order valence-corrected chi connectivity index (χ3v) is 4.22. The normalized spacial score (nSPS) is 16.9. The number of H-pyrrole nitrogens is 1. The summed E-state index contributed by atoms with van der Waals surface area (Å²) < 4.78 is 5.55. The summed E-state index contributed by atoms with van der Waals surface area (Å²) >= 11 is 0. The van der Waals surface area contributed by atoms with E-state index in [9.17, 15) is 9.59 Å². The average molecular weight is 315 g/mol. The fraction of sp³-hybridized carbons (Fsp3) is 0.412. The highest BCUT2D eigenvalue weighted by Gasteiger charge is 2.25. The van der Waals surface area contributed by atoms with Gasteiger partial charge >= 0.3 is 0 Å². The zero-order valence-corrected chi connectivity index (χ0v) is 13.0. The van der Waals surface area contributed by atoms with Crippen LogP contribution >= 0.6 is 0 Å². The number of carbonyl (C=O) groups is 1. The van der Waals surface area contributed by atoms with Crippen LogP contribution in [0.25, 0.3) is 0 Å². The van der Waals surface area contributed by atoms with Crippen molar-refractivity contribution in [3.05, 3.63) is 58.4 Å². The fourth-order valence-corrected chi connectivity index (χ4v) is 3.01. The quantitative estimate of drug-likeness (QED) is 0.883. The lowest BCUT2D eigenvalue weighted by molar-refractivity contribution is 0.0912. The molecule has 1 unspecified atom stereocenters. The molecule has 1 atom stereocenters. The topological polar surface area (TPSA) is 78.3 Å². The molecule has 1 saturated heterocycles. The second kappa shape index (κ2) is 7.28. The molecular formula is C17H21N3O3. The molecule has 0 saturated carbocycles. The molecular weight excluding hydrogens is 294 g/mol. The Morgan fingerprint density at radius 3 is 2.78 bits per heavy atom. The van der Waals surface area contributed by atoms with Crippen molar-refractivity contribution in [3.63, 3.8) is 0 Å². The van der Waals surface area contributed by atoms with E-state index in [-0.39, 0.29) is 23.1 Å². The standard InChI is InChI=1S/C17H21N3O3/c21-16-13(6-4-8-18-16)17(22)19-12-14(15-7-5-11-23-15)20-9-2-1-3-10-20/h4-8,11,14H,1-3,9-10,12H2,(H,18,21)(H,19,22). The summed E-state index contributed by atoms with van der Waals surface area (Å²) in [7, 11) is 0. The van der Waals surface area contributed by atoms with Gasteiger partial charge in [0.15, 0.2) is 0 Å². The Kier molecular flexibility index (Phi) is 4.92. The lowest BCUT2D eigenvalue weighted by atomic mass is 10.1. The zero-order chi connectivity index (χ0) is 16.1. The number of furan rings is 1. The average Bonchev–Trinajstić information content (AvgIpc) is 3.10. The molecule has 1 aliphatic rings. The van der Waals surface area contributed by atoms with Crippen LogP contribution in [0.4, 0.5) is 0 Å². The second-order valence-electron chi connectivity index (χ2n) is 5.75. The first-order valence-electron chi connectivity index (χ1n) is 7.99. The molecule has 0 spiro atoms. The van der Waals surface area contributed by atoms with Crippen molar-refractivity contribution >= 4 is 5.91 Å². The summed E-state index contributed by atoms with van der Waals surface area (Å²) in [6, 6.07) is 6.95. The summed E-state index contributed by atoms with van der Waals surface area (Å²) in [6.07, 6.45) is 6.72. The highest BCUT2D eigenvalue weighted by atomic mass is 16.3. The number of amides is 1. The number of hydrogen-bond donors (Lipinski definition) is 2. The molecule has 2 N–H and O–H groups in total. The van der Waals surface area contributed by atoms with E-state index in [1.165, 1.54) is 18.7 Å². The maximum absolute atomic E-state index is 12.2. The number of rotatable bonds is 5. The lowest BCUT2D eigenvalue weighted by Crippen LogP contribution is -2.41. The van der Waals surface area contributed by atoms with E-state index < -0.39 is 0 Å². The number of carbonyl (C=O) groups excluding carboxylic acids is 1. The first-order chi connectivity index (χ1) is 11.3. The molecule has 122 valence electrons. The van der Waals surface area contributed by atoms with E-state index in [1.807, 2.05) is 12.1 Å². The molecule has 3 rings (SSSR count). The Morgan fingerprint density at radius 1 is 1.26 bits per heavy atom. The summed E-state index contributed by atoms with van der Waals surface area (Å²) in [6.45, 7) is 2.40. The smallest absolute Gasteiger partial charge is 0.260 e. The number of piperidine rings is 1. The Morgan fingerprint density at radius 2 is 2.09 bits per heavy atom. The van der Waals surface area contributed by atoms with Crippen molar-refractivity contribution in [2.45, 2.75) is 25.3 Å². The van der Waals surface area contributed by atoms with Gasteiger partial charge in [0.2, 0.25) is 0 Å². The van der Waals surface area contributed by atoms with Gasteiger partial charge in [0, 0.05) is 12.7 Å². The predicted octanol–water partition coefficient (Wildman–Crippen LogP) is 1.92. The maximum atomic E-state index is 12.2. The van der Waals surface area contributed by atoms with Gasteiger partial charge in [0.25, 0.3) is 11.5 Å². The van der Waals surface area contributed by atoms with E-state index in [4.69, 9.17) is 4.42 Å². The minimum Gasteiger partial charge on any atom is -0.468 e. The second-order valence-corrected chi connectivity index (χ2v) is 5.75. The molecule has 0 radical (unpaired) electrons. The van der Waals surface area contributed by atoms with Crippen LogP contribution in [-0.2, 0) is 0 Å². The number of hydrogen-bond acceptors (Lipinski definition) is 4. The fourth-order valence-electron chi connectivity index (χ4n) is 3.01. The van der Waals surface area contributed by atoms with Gasteiger partial charge < -0.3 is 14.7 Å². The number of nitrogens with one attached hydrogen (secondary N) is 2. The van der Waals surface area contributed by atoms with Crippen LogP contribution in [0.5, 0.6) is 0 Å². The van der Waals surface area contributed by atoms with Crippen LogP contribution in [0.15, 0.2) is 45.9 Å². The summed E-state index contributed by atoms with van der Waals surface area (Å²) in [4.78, 5) is 28.8. The molecule has 0 aromatic carbocycles. The highest BCUT2D eigenvalue weighted by molar-refractivity contribution is 5.93. The van der Waals surface area contributed by atoms with Gasteiger partial charge in [-0.1, -0.05) is 6.42 Å². The Hall–Kier alpha value is -2.34. The highest BCUT2D eigenvalue weighted by Crippen LogP contribution is 2.24. The van der Waals surface area contributed by atoms with Gasteiger partial charge in [-0.15, -0.1) is 0 Å². The van der Waals surface area contributed by atoms with Gasteiger partial charge in [0.05, 0.1) is 12.3 Å². The molecule has 2 aromatic heterocycles. The number of aromatic nitrogens is 1. The van der Waals surface area contributed by atoms with Crippen LogP contribution in [-0.4, -0.2) is 35.4 Å². The van der Waals surface area contributed by atoms with Gasteiger partial charge in [0.1, 0.15) is 11.3 Å². The van der Waals surface area contributed by atoms with Crippen LogP contribution in [0, 0.1) is 0 Å².